The second-order valence-corrected chi connectivity index (χ2v) is 8.06. The van der Waals surface area contributed by atoms with Gasteiger partial charge in [0.1, 0.15) is 0 Å². The third-order valence-corrected chi connectivity index (χ3v) is 6.38. The Morgan fingerprint density at radius 3 is 2.00 bits per heavy atom. The van der Waals surface area contributed by atoms with Crippen LogP contribution in [0.4, 0.5) is 0 Å². The van der Waals surface area contributed by atoms with Crippen LogP contribution >= 0.6 is 0 Å². The van der Waals surface area contributed by atoms with Crippen LogP contribution in [0.5, 0.6) is 0 Å². The topological polar surface area (TPSA) is 0 Å². The Labute approximate surface area is 62.1 Å². The Balaban J connectivity index is 2.39. The first-order chi connectivity index (χ1) is 3.70. The molecule has 0 radical (unpaired) electrons. The van der Waals surface area contributed by atoms with E-state index in [4.69, 9.17) is 0 Å². The Morgan fingerprint density at radius 1 is 1.25 bits per heavy atom. The van der Waals surface area contributed by atoms with Gasteiger partial charge >= 0.3 is 62.0 Å². The van der Waals surface area contributed by atoms with Crippen LogP contribution in [-0.2, 0) is 0 Å². The quantitative estimate of drug-likeness (QED) is 0.556. The number of rotatable bonds is 0. The molecule has 0 saturated carbocycles. The molecule has 0 amide bonds. The summed E-state index contributed by atoms with van der Waals surface area (Å²) in [5.74, 6) is 1.05. The van der Waals surface area contributed by atoms with E-state index >= 15 is 0 Å². The molecule has 0 aromatic carbocycles. The Kier molecular flexibility index (Phi) is 2.23. The van der Waals surface area contributed by atoms with Crippen LogP contribution in [0.15, 0.2) is 0 Å². The molecular weight excluding hydrogens is 212 g/mol. The van der Waals surface area contributed by atoms with Gasteiger partial charge in [-0.1, -0.05) is 0 Å². The molecule has 1 heteroatoms. The van der Waals surface area contributed by atoms with E-state index < -0.39 is 0 Å². The van der Waals surface area contributed by atoms with E-state index in [2.05, 4.69) is 20.8 Å². The fraction of sp³-hybridized carbons (Fsp3) is 1.00. The first-order valence-corrected chi connectivity index (χ1v) is 6.04. The summed E-state index contributed by atoms with van der Waals surface area (Å²) >= 11 is 0.416. The zero-order valence-electron chi connectivity index (χ0n) is 5.85. The molecule has 0 nitrogen and oxygen atoms in total. The van der Waals surface area contributed by atoms with Crippen molar-refractivity contribution in [3.05, 3.63) is 0 Å². The van der Waals surface area contributed by atoms with Gasteiger partial charge in [0, 0.05) is 0 Å². The fourth-order valence-electron chi connectivity index (χ4n) is 1.27. The molecule has 1 aliphatic rings. The van der Waals surface area contributed by atoms with Gasteiger partial charge in [-0.15, -0.1) is 0 Å². The van der Waals surface area contributed by atoms with Crippen LogP contribution < -0.4 is 0 Å². The molecule has 48 valence electrons. The third-order valence-electron chi connectivity index (χ3n) is 1.95. The van der Waals surface area contributed by atoms with Gasteiger partial charge in [-0.3, -0.25) is 0 Å². The van der Waals surface area contributed by atoms with Crippen LogP contribution in [0, 0.1) is 5.92 Å². The second-order valence-electron chi connectivity index (χ2n) is 2.86. The normalized spacial score (nSPS) is 47.6. The molecule has 0 N–H and O–H groups in total. The van der Waals surface area contributed by atoms with Gasteiger partial charge in [0.25, 0.3) is 0 Å². The maximum absolute atomic E-state index is 2.43. The molecule has 1 fully saturated rings. The average Bonchev–Trinajstić information content (AvgIpc) is 1.85. The molecule has 1 aliphatic heterocycles. The van der Waals surface area contributed by atoms with Crippen molar-refractivity contribution in [3.8, 4) is 0 Å². The van der Waals surface area contributed by atoms with Gasteiger partial charge in [-0.2, -0.15) is 0 Å². The van der Waals surface area contributed by atoms with Gasteiger partial charge in [0.05, 0.1) is 0 Å². The minimum atomic E-state index is 0.416. The van der Waals surface area contributed by atoms with Crippen LogP contribution in [0.25, 0.3) is 0 Å². The molecule has 1 heterocycles. The van der Waals surface area contributed by atoms with E-state index in [1.807, 2.05) is 0 Å². The Morgan fingerprint density at radius 2 is 1.88 bits per heavy atom. The third kappa shape index (κ3) is 1.39. The van der Waals surface area contributed by atoms with Crippen molar-refractivity contribution in [2.75, 3.05) is 0 Å². The molecule has 1 saturated heterocycles. The summed E-state index contributed by atoms with van der Waals surface area (Å²) in [7, 11) is 0. The summed E-state index contributed by atoms with van der Waals surface area (Å²) in [4.78, 5) is 0. The van der Waals surface area contributed by atoms with Gasteiger partial charge in [0.2, 0.25) is 0 Å². The predicted octanol–water partition coefficient (Wildman–Crippen LogP) is 2.35. The summed E-state index contributed by atoms with van der Waals surface area (Å²) in [5.41, 5.74) is 0. The van der Waals surface area contributed by atoms with E-state index in [9.17, 15) is 0 Å². The Bertz CT molecular complexity index is 70.5. The summed E-state index contributed by atoms with van der Waals surface area (Å²) in [6, 6.07) is 0. The van der Waals surface area contributed by atoms with E-state index in [0.717, 1.165) is 13.8 Å². The SMILES string of the molecule is CC1CC(C)C(C)[Te]1. The van der Waals surface area contributed by atoms with Crippen LogP contribution in [0.1, 0.15) is 27.2 Å². The van der Waals surface area contributed by atoms with E-state index in [-0.39, 0.29) is 0 Å². The molecule has 3 atom stereocenters. The molecule has 3 unspecified atom stereocenters. The van der Waals surface area contributed by atoms with E-state index in [1.54, 1.807) is 0 Å². The zero-order chi connectivity index (χ0) is 6.15. The predicted molar refractivity (Wildman–Crippen MR) is 38.4 cm³/mol. The molecular formula is C7H14Te. The van der Waals surface area contributed by atoms with Gasteiger partial charge < -0.3 is 0 Å². The monoisotopic (exact) mass is 228 g/mol. The zero-order valence-corrected chi connectivity index (χ0v) is 8.18. The summed E-state index contributed by atoms with van der Waals surface area (Å²) in [6.07, 6.45) is 1.52. The first-order valence-electron chi connectivity index (χ1n) is 3.35. The van der Waals surface area contributed by atoms with E-state index in [1.165, 1.54) is 6.42 Å². The second kappa shape index (κ2) is 2.58. The van der Waals surface area contributed by atoms with Crippen LogP contribution in [0.2, 0.25) is 7.93 Å². The van der Waals surface area contributed by atoms with Crippen molar-refractivity contribution in [3.63, 3.8) is 0 Å². The van der Waals surface area contributed by atoms with Crippen molar-refractivity contribution < 1.29 is 0 Å². The van der Waals surface area contributed by atoms with Crippen molar-refractivity contribution in [2.24, 2.45) is 5.92 Å². The van der Waals surface area contributed by atoms with Crippen molar-refractivity contribution in [1.82, 2.24) is 0 Å². The first kappa shape index (κ1) is 6.90. The number of hydrogen-bond acceptors (Lipinski definition) is 0. The molecule has 0 aliphatic carbocycles. The summed E-state index contributed by atoms with van der Waals surface area (Å²) in [6.45, 7) is 7.25. The van der Waals surface area contributed by atoms with Crippen molar-refractivity contribution in [1.29, 1.82) is 0 Å². The minimum absolute atomic E-state index is 0.416. The van der Waals surface area contributed by atoms with Gasteiger partial charge in [0.15, 0.2) is 0 Å². The standard InChI is InChI=1S/C7H14Te/c1-5-4-6(2)8-7(5)3/h5-7H,4H2,1-3H3. The average molecular weight is 226 g/mol. The van der Waals surface area contributed by atoms with Crippen molar-refractivity contribution >= 4 is 20.9 Å². The van der Waals surface area contributed by atoms with Crippen LogP contribution in [-0.4, -0.2) is 20.9 Å². The maximum atomic E-state index is 2.43. The van der Waals surface area contributed by atoms with Crippen molar-refractivity contribution in [2.45, 2.75) is 35.1 Å². The molecule has 0 aromatic heterocycles. The van der Waals surface area contributed by atoms with E-state index in [0.29, 0.717) is 20.9 Å². The number of hydrogen-bond donors (Lipinski definition) is 0. The molecule has 0 bridgehead atoms. The van der Waals surface area contributed by atoms with Crippen LogP contribution in [0.3, 0.4) is 0 Å². The fourth-order valence-corrected chi connectivity index (χ4v) is 5.63. The summed E-state index contributed by atoms with van der Waals surface area (Å²) < 4.78 is 2.25. The summed E-state index contributed by atoms with van der Waals surface area (Å²) in [5, 5.41) is 0. The molecule has 8 heavy (non-hydrogen) atoms. The molecule has 0 aromatic rings. The van der Waals surface area contributed by atoms with Gasteiger partial charge in [-0.25, -0.2) is 0 Å². The van der Waals surface area contributed by atoms with Gasteiger partial charge in [-0.05, 0) is 0 Å². The molecule has 0 spiro atoms. The Hall–Kier alpha value is 0.790. The molecule has 1 rings (SSSR count).